The van der Waals surface area contributed by atoms with E-state index in [2.05, 4.69) is 35.9 Å². The van der Waals surface area contributed by atoms with Crippen LogP contribution >= 0.6 is 0 Å². The Bertz CT molecular complexity index is 349. The molecule has 1 heterocycles. The molecule has 136 valence electrons. The summed E-state index contributed by atoms with van der Waals surface area (Å²) in [5, 5.41) is 0. The molecule has 0 aliphatic rings. The number of aromatic amines is 1. The van der Waals surface area contributed by atoms with Crippen molar-refractivity contribution in [2.45, 2.75) is 110 Å². The zero-order valence-electron chi connectivity index (χ0n) is 15.6. The lowest BCUT2D eigenvalue weighted by Crippen LogP contribution is -3.00. The van der Waals surface area contributed by atoms with E-state index in [-0.39, 0.29) is 12.4 Å². The van der Waals surface area contributed by atoms with Crippen molar-refractivity contribution in [2.75, 3.05) is 0 Å². The van der Waals surface area contributed by atoms with Crippen molar-refractivity contribution in [3.05, 3.63) is 18.2 Å². The van der Waals surface area contributed by atoms with E-state index in [9.17, 15) is 0 Å². The van der Waals surface area contributed by atoms with E-state index in [0.717, 1.165) is 0 Å². The summed E-state index contributed by atoms with van der Waals surface area (Å²) in [6.45, 7) is 5.63. The fraction of sp³-hybridized carbons (Fsp3) is 0.850. The van der Waals surface area contributed by atoms with Crippen LogP contribution in [0.3, 0.4) is 0 Å². The predicted molar refractivity (Wildman–Crippen MR) is 96.0 cm³/mol. The van der Waals surface area contributed by atoms with Crippen LogP contribution < -0.4 is 17.0 Å². The number of H-pyrrole nitrogens is 1. The minimum atomic E-state index is 0. The highest BCUT2D eigenvalue weighted by Crippen LogP contribution is 2.12. The lowest BCUT2D eigenvalue weighted by Gasteiger charge is -2.03. The number of aromatic nitrogens is 2. The zero-order chi connectivity index (χ0) is 15.9. The molecule has 1 aromatic rings. The van der Waals surface area contributed by atoms with Gasteiger partial charge in [0, 0.05) is 6.92 Å². The average Bonchev–Trinajstić information content (AvgIpc) is 2.93. The Kier molecular flexibility index (Phi) is 16.0. The minimum Gasteiger partial charge on any atom is -1.00 e. The number of halogens is 1. The zero-order valence-corrected chi connectivity index (χ0v) is 16.3. The first-order chi connectivity index (χ1) is 10.8. The normalized spacial score (nSPS) is 10.7. The van der Waals surface area contributed by atoms with Gasteiger partial charge in [0.1, 0.15) is 11.9 Å². The van der Waals surface area contributed by atoms with Gasteiger partial charge in [0.05, 0.1) is 6.54 Å². The summed E-state index contributed by atoms with van der Waals surface area (Å²) in [4.78, 5) is 3.16. The molecule has 0 fully saturated rings. The molecule has 0 bridgehead atoms. The van der Waals surface area contributed by atoms with Gasteiger partial charge in [0.2, 0.25) is 6.33 Å². The standard InChI is InChI=1S/C20H38N2.ClH/c1-3-4-5-6-7-8-9-10-11-12-13-14-15-16-17-22-19-21-18-20(22)2;/h18-19H,3-17H2,1-2H3;1H. The summed E-state index contributed by atoms with van der Waals surface area (Å²) in [5.74, 6) is 0. The Morgan fingerprint density at radius 1 is 0.739 bits per heavy atom. The first-order valence-electron chi connectivity index (χ1n) is 9.87. The second-order valence-corrected chi connectivity index (χ2v) is 6.87. The second kappa shape index (κ2) is 16.4. The van der Waals surface area contributed by atoms with Gasteiger partial charge in [-0.3, -0.25) is 0 Å². The number of hydrogen-bond donors (Lipinski definition) is 1. The molecule has 1 N–H and O–H groups in total. The molecule has 0 aliphatic carbocycles. The molecule has 3 heteroatoms. The lowest BCUT2D eigenvalue weighted by atomic mass is 10.0. The molecule has 1 aromatic heterocycles. The molecule has 0 saturated carbocycles. The Labute approximate surface area is 150 Å². The lowest BCUT2D eigenvalue weighted by molar-refractivity contribution is -0.701. The van der Waals surface area contributed by atoms with E-state index in [1.165, 1.54) is 102 Å². The molecule has 0 unspecified atom stereocenters. The third kappa shape index (κ3) is 12.6. The predicted octanol–water partition coefficient (Wildman–Crippen LogP) is 3.10. The highest BCUT2D eigenvalue weighted by atomic mass is 35.5. The first kappa shape index (κ1) is 22.5. The van der Waals surface area contributed by atoms with Crippen LogP contribution in [0.4, 0.5) is 0 Å². The molecule has 0 spiro atoms. The van der Waals surface area contributed by atoms with Crippen molar-refractivity contribution in [2.24, 2.45) is 0 Å². The SMILES string of the molecule is CCCCCCCCCCCCCCCC[n+]1c[nH]cc1C.[Cl-]. The number of hydrogen-bond acceptors (Lipinski definition) is 0. The van der Waals surface area contributed by atoms with Gasteiger partial charge in [-0.25, -0.2) is 9.55 Å². The monoisotopic (exact) mass is 342 g/mol. The number of imidazole rings is 1. The van der Waals surface area contributed by atoms with Crippen LogP contribution in [0.25, 0.3) is 0 Å². The Morgan fingerprint density at radius 3 is 1.57 bits per heavy atom. The van der Waals surface area contributed by atoms with Crippen LogP contribution in [-0.4, -0.2) is 4.98 Å². The van der Waals surface area contributed by atoms with Crippen molar-refractivity contribution in [3.63, 3.8) is 0 Å². The van der Waals surface area contributed by atoms with Gasteiger partial charge >= 0.3 is 0 Å². The first-order valence-corrected chi connectivity index (χ1v) is 9.87. The van der Waals surface area contributed by atoms with Gasteiger partial charge < -0.3 is 12.4 Å². The van der Waals surface area contributed by atoms with E-state index >= 15 is 0 Å². The summed E-state index contributed by atoms with van der Waals surface area (Å²) < 4.78 is 2.32. The number of aryl methyl sites for hydroxylation is 2. The third-order valence-corrected chi connectivity index (χ3v) is 4.73. The van der Waals surface area contributed by atoms with Crippen LogP contribution in [0.5, 0.6) is 0 Å². The third-order valence-electron chi connectivity index (χ3n) is 4.73. The summed E-state index contributed by atoms with van der Waals surface area (Å²) in [6, 6.07) is 0. The molecule has 0 aliphatic heterocycles. The Balaban J connectivity index is 0.00000484. The molecule has 2 nitrogen and oxygen atoms in total. The molecule has 0 atom stereocenters. The second-order valence-electron chi connectivity index (χ2n) is 6.87. The highest BCUT2D eigenvalue weighted by molar-refractivity contribution is 4.79. The van der Waals surface area contributed by atoms with Crippen molar-refractivity contribution < 1.29 is 17.0 Å². The van der Waals surface area contributed by atoms with Crippen LogP contribution in [0.2, 0.25) is 0 Å². The molecular formula is C20H39ClN2. The van der Waals surface area contributed by atoms with Crippen molar-refractivity contribution >= 4 is 0 Å². The topological polar surface area (TPSA) is 19.7 Å². The quantitative estimate of drug-likeness (QED) is 0.373. The Morgan fingerprint density at radius 2 is 1.17 bits per heavy atom. The van der Waals surface area contributed by atoms with E-state index < -0.39 is 0 Å². The van der Waals surface area contributed by atoms with Gasteiger partial charge in [-0.15, -0.1) is 0 Å². The summed E-state index contributed by atoms with van der Waals surface area (Å²) in [6.07, 6.45) is 24.2. The summed E-state index contributed by atoms with van der Waals surface area (Å²) in [7, 11) is 0. The number of nitrogens with zero attached hydrogens (tertiary/aromatic N) is 1. The molecule has 0 amide bonds. The van der Waals surface area contributed by atoms with Gasteiger partial charge in [-0.1, -0.05) is 84.0 Å². The molecule has 1 rings (SSSR count). The van der Waals surface area contributed by atoms with Gasteiger partial charge in [-0.05, 0) is 12.8 Å². The maximum Gasteiger partial charge on any atom is 0.241 e. The highest BCUT2D eigenvalue weighted by Gasteiger charge is 2.02. The summed E-state index contributed by atoms with van der Waals surface area (Å²) >= 11 is 0. The molecular weight excluding hydrogens is 304 g/mol. The van der Waals surface area contributed by atoms with Crippen LogP contribution in [0, 0.1) is 6.92 Å². The summed E-state index contributed by atoms with van der Waals surface area (Å²) in [5.41, 5.74) is 1.34. The number of rotatable bonds is 15. The van der Waals surface area contributed by atoms with Crippen molar-refractivity contribution in [1.29, 1.82) is 0 Å². The van der Waals surface area contributed by atoms with Gasteiger partial charge in [-0.2, -0.15) is 0 Å². The minimum absolute atomic E-state index is 0. The maximum absolute atomic E-state index is 3.16. The van der Waals surface area contributed by atoms with E-state index in [0.29, 0.717) is 0 Å². The van der Waals surface area contributed by atoms with Gasteiger partial charge in [0.15, 0.2) is 0 Å². The maximum atomic E-state index is 3.16. The molecule has 0 saturated heterocycles. The number of nitrogens with one attached hydrogen (secondary N) is 1. The van der Waals surface area contributed by atoms with Crippen LogP contribution in [0.1, 0.15) is 103 Å². The van der Waals surface area contributed by atoms with Crippen LogP contribution in [0.15, 0.2) is 12.5 Å². The van der Waals surface area contributed by atoms with Crippen LogP contribution in [-0.2, 0) is 6.54 Å². The Hall–Kier alpha value is -0.500. The fourth-order valence-corrected chi connectivity index (χ4v) is 3.15. The molecule has 23 heavy (non-hydrogen) atoms. The molecule has 0 aromatic carbocycles. The molecule has 0 radical (unpaired) electrons. The van der Waals surface area contributed by atoms with Crippen molar-refractivity contribution in [1.82, 2.24) is 4.98 Å². The number of unbranched alkanes of at least 4 members (excludes halogenated alkanes) is 13. The van der Waals surface area contributed by atoms with Gasteiger partial charge in [0.25, 0.3) is 0 Å². The van der Waals surface area contributed by atoms with E-state index in [1.807, 2.05) is 0 Å². The average molecular weight is 343 g/mol. The smallest absolute Gasteiger partial charge is 0.241 e. The van der Waals surface area contributed by atoms with E-state index in [4.69, 9.17) is 0 Å². The fourth-order valence-electron chi connectivity index (χ4n) is 3.15. The van der Waals surface area contributed by atoms with Crippen molar-refractivity contribution in [3.8, 4) is 0 Å². The van der Waals surface area contributed by atoms with E-state index in [1.54, 1.807) is 0 Å². The largest absolute Gasteiger partial charge is 1.00 e.